The predicted molar refractivity (Wildman–Crippen MR) is 81.5 cm³/mol. The van der Waals surface area contributed by atoms with Crippen molar-refractivity contribution in [3.05, 3.63) is 29.8 Å². The SMILES string of the molecule is CC1CCC(NC(=O)Nc2ccc(C(=O)O)cc2)C(C)C1. The molecule has 0 bridgehead atoms. The van der Waals surface area contributed by atoms with Crippen molar-refractivity contribution in [2.45, 2.75) is 39.2 Å². The molecule has 0 aliphatic heterocycles. The molecule has 3 N–H and O–H groups in total. The average Bonchev–Trinajstić information content (AvgIpc) is 2.42. The van der Waals surface area contributed by atoms with Gasteiger partial charge in [0, 0.05) is 11.7 Å². The number of carboxylic acid groups (broad SMARTS) is 1. The fourth-order valence-corrected chi connectivity index (χ4v) is 2.91. The van der Waals surface area contributed by atoms with Crippen molar-refractivity contribution in [2.24, 2.45) is 11.8 Å². The van der Waals surface area contributed by atoms with Crippen molar-refractivity contribution in [2.75, 3.05) is 5.32 Å². The van der Waals surface area contributed by atoms with Gasteiger partial charge in [0.05, 0.1) is 5.56 Å². The molecule has 1 saturated carbocycles. The fourth-order valence-electron chi connectivity index (χ4n) is 2.91. The second-order valence-electron chi connectivity index (χ2n) is 5.98. The molecule has 0 radical (unpaired) electrons. The van der Waals surface area contributed by atoms with Crippen LogP contribution in [0.25, 0.3) is 0 Å². The first kappa shape index (κ1) is 15.4. The molecule has 2 amide bonds. The number of nitrogens with one attached hydrogen (secondary N) is 2. The summed E-state index contributed by atoms with van der Waals surface area (Å²) in [6, 6.07) is 6.11. The summed E-state index contributed by atoms with van der Waals surface area (Å²) in [4.78, 5) is 22.7. The summed E-state index contributed by atoms with van der Waals surface area (Å²) in [5.41, 5.74) is 0.796. The van der Waals surface area contributed by atoms with Crippen LogP contribution < -0.4 is 10.6 Å². The summed E-state index contributed by atoms with van der Waals surface area (Å²) < 4.78 is 0. The molecule has 1 aromatic rings. The summed E-state index contributed by atoms with van der Waals surface area (Å²) in [7, 11) is 0. The highest BCUT2D eigenvalue weighted by molar-refractivity contribution is 5.91. The van der Waals surface area contributed by atoms with E-state index < -0.39 is 5.97 Å². The third-order valence-corrected chi connectivity index (χ3v) is 4.14. The van der Waals surface area contributed by atoms with Gasteiger partial charge in [0.1, 0.15) is 0 Å². The lowest BCUT2D eigenvalue weighted by Crippen LogP contribution is -2.44. The first-order valence-electron chi connectivity index (χ1n) is 7.36. The minimum atomic E-state index is -0.976. The molecule has 2 rings (SSSR count). The number of carbonyl (C=O) groups excluding carboxylic acids is 1. The van der Waals surface area contributed by atoms with Crippen molar-refractivity contribution in [1.29, 1.82) is 0 Å². The fraction of sp³-hybridized carbons (Fsp3) is 0.500. The van der Waals surface area contributed by atoms with E-state index in [1.54, 1.807) is 12.1 Å². The first-order chi connectivity index (χ1) is 9.95. The number of carboxylic acids is 1. The third-order valence-electron chi connectivity index (χ3n) is 4.14. The maximum Gasteiger partial charge on any atom is 0.335 e. The number of anilines is 1. The van der Waals surface area contributed by atoms with Crippen LogP contribution in [0.1, 0.15) is 43.5 Å². The van der Waals surface area contributed by atoms with Gasteiger partial charge in [-0.3, -0.25) is 0 Å². The number of hydrogen-bond donors (Lipinski definition) is 3. The van der Waals surface area contributed by atoms with Crippen LogP contribution in [0.4, 0.5) is 10.5 Å². The second kappa shape index (κ2) is 6.61. The van der Waals surface area contributed by atoms with E-state index in [-0.39, 0.29) is 17.6 Å². The molecule has 5 nitrogen and oxygen atoms in total. The van der Waals surface area contributed by atoms with Gasteiger partial charge in [-0.05, 0) is 55.4 Å². The Morgan fingerprint density at radius 1 is 1.14 bits per heavy atom. The van der Waals surface area contributed by atoms with Gasteiger partial charge in [-0.25, -0.2) is 9.59 Å². The van der Waals surface area contributed by atoms with E-state index >= 15 is 0 Å². The van der Waals surface area contributed by atoms with Crippen molar-refractivity contribution in [1.82, 2.24) is 5.32 Å². The number of rotatable bonds is 3. The highest BCUT2D eigenvalue weighted by Crippen LogP contribution is 2.28. The van der Waals surface area contributed by atoms with Crippen LogP contribution in [0, 0.1) is 11.8 Å². The van der Waals surface area contributed by atoms with E-state index in [1.165, 1.54) is 12.1 Å². The molecule has 0 heterocycles. The van der Waals surface area contributed by atoms with Gasteiger partial charge in [0.15, 0.2) is 0 Å². The quantitative estimate of drug-likeness (QED) is 0.799. The maximum absolute atomic E-state index is 12.0. The molecule has 0 saturated heterocycles. The van der Waals surface area contributed by atoms with E-state index in [9.17, 15) is 9.59 Å². The molecule has 0 aromatic heterocycles. The zero-order valence-electron chi connectivity index (χ0n) is 12.4. The Bertz CT molecular complexity index is 513. The molecule has 5 heteroatoms. The van der Waals surface area contributed by atoms with Gasteiger partial charge in [0.25, 0.3) is 0 Å². The van der Waals surface area contributed by atoms with E-state index in [2.05, 4.69) is 24.5 Å². The first-order valence-corrected chi connectivity index (χ1v) is 7.36. The van der Waals surface area contributed by atoms with Gasteiger partial charge in [0.2, 0.25) is 0 Å². The zero-order valence-corrected chi connectivity index (χ0v) is 12.4. The van der Waals surface area contributed by atoms with E-state index in [0.717, 1.165) is 25.2 Å². The Morgan fingerprint density at radius 3 is 2.38 bits per heavy atom. The smallest absolute Gasteiger partial charge is 0.335 e. The van der Waals surface area contributed by atoms with Crippen molar-refractivity contribution in [3.8, 4) is 0 Å². The van der Waals surface area contributed by atoms with Crippen molar-refractivity contribution in [3.63, 3.8) is 0 Å². The Balaban J connectivity index is 1.88. The summed E-state index contributed by atoms with van der Waals surface area (Å²) in [6.07, 6.45) is 3.29. The molecular formula is C16H22N2O3. The lowest BCUT2D eigenvalue weighted by Gasteiger charge is -2.33. The molecule has 21 heavy (non-hydrogen) atoms. The summed E-state index contributed by atoms with van der Waals surface area (Å²) >= 11 is 0. The highest BCUT2D eigenvalue weighted by atomic mass is 16.4. The van der Waals surface area contributed by atoms with Gasteiger partial charge in [-0.15, -0.1) is 0 Å². The molecule has 114 valence electrons. The van der Waals surface area contributed by atoms with Crippen LogP contribution in [0.3, 0.4) is 0 Å². The Hall–Kier alpha value is -2.04. The number of carbonyl (C=O) groups is 2. The maximum atomic E-state index is 12.0. The number of aromatic carboxylic acids is 1. The number of urea groups is 1. The lowest BCUT2D eigenvalue weighted by atomic mass is 9.80. The zero-order chi connectivity index (χ0) is 15.4. The van der Waals surface area contributed by atoms with Crippen LogP contribution in [0.15, 0.2) is 24.3 Å². The highest BCUT2D eigenvalue weighted by Gasteiger charge is 2.26. The van der Waals surface area contributed by atoms with E-state index in [4.69, 9.17) is 5.11 Å². The predicted octanol–water partition coefficient (Wildman–Crippen LogP) is 3.33. The lowest BCUT2D eigenvalue weighted by molar-refractivity contribution is 0.0697. The Kier molecular flexibility index (Phi) is 4.83. The topological polar surface area (TPSA) is 78.4 Å². The second-order valence-corrected chi connectivity index (χ2v) is 5.98. The van der Waals surface area contributed by atoms with Crippen molar-refractivity contribution >= 4 is 17.7 Å². The number of hydrogen-bond acceptors (Lipinski definition) is 2. The largest absolute Gasteiger partial charge is 0.478 e. The molecule has 3 atom stereocenters. The van der Waals surface area contributed by atoms with Crippen LogP contribution in [0.2, 0.25) is 0 Å². The number of benzene rings is 1. The van der Waals surface area contributed by atoms with Gasteiger partial charge >= 0.3 is 12.0 Å². The number of amides is 2. The summed E-state index contributed by atoms with van der Waals surface area (Å²) in [6.45, 7) is 4.42. The van der Waals surface area contributed by atoms with E-state index in [1.807, 2.05) is 0 Å². The summed E-state index contributed by atoms with van der Waals surface area (Å²) in [5, 5.41) is 14.6. The molecule has 1 aliphatic carbocycles. The molecule has 3 unspecified atom stereocenters. The monoisotopic (exact) mass is 290 g/mol. The summed E-state index contributed by atoms with van der Waals surface area (Å²) in [5.74, 6) is 0.231. The molecule has 1 fully saturated rings. The third kappa shape index (κ3) is 4.21. The molecular weight excluding hydrogens is 268 g/mol. The normalized spacial score (nSPS) is 25.1. The molecule has 1 aliphatic rings. The van der Waals surface area contributed by atoms with Gasteiger partial charge in [-0.2, -0.15) is 0 Å². The molecule has 0 spiro atoms. The molecule has 1 aromatic carbocycles. The van der Waals surface area contributed by atoms with Crippen LogP contribution in [0.5, 0.6) is 0 Å². The van der Waals surface area contributed by atoms with Crippen LogP contribution in [-0.2, 0) is 0 Å². The van der Waals surface area contributed by atoms with Crippen LogP contribution >= 0.6 is 0 Å². The van der Waals surface area contributed by atoms with Crippen LogP contribution in [-0.4, -0.2) is 23.1 Å². The Labute approximate surface area is 124 Å². The standard InChI is InChI=1S/C16H22N2O3/c1-10-3-8-14(11(2)9-10)18-16(21)17-13-6-4-12(5-7-13)15(19)20/h4-7,10-11,14H,3,8-9H2,1-2H3,(H,19,20)(H2,17,18,21). The average molecular weight is 290 g/mol. The van der Waals surface area contributed by atoms with Gasteiger partial charge in [-0.1, -0.05) is 13.8 Å². The Morgan fingerprint density at radius 2 is 1.81 bits per heavy atom. The van der Waals surface area contributed by atoms with Gasteiger partial charge < -0.3 is 15.7 Å². The van der Waals surface area contributed by atoms with Crippen molar-refractivity contribution < 1.29 is 14.7 Å². The van der Waals surface area contributed by atoms with E-state index in [0.29, 0.717) is 11.6 Å². The minimum absolute atomic E-state index is 0.204. The minimum Gasteiger partial charge on any atom is -0.478 e.